The highest BCUT2D eigenvalue weighted by Crippen LogP contribution is 2.06. The topological polar surface area (TPSA) is 38.0 Å². The van der Waals surface area contributed by atoms with Crippen molar-refractivity contribution in [2.45, 2.75) is 13.1 Å². The van der Waals surface area contributed by atoms with Gasteiger partial charge in [0, 0.05) is 19.6 Å². The van der Waals surface area contributed by atoms with Gasteiger partial charge in [-0.05, 0) is 11.1 Å². The van der Waals surface area contributed by atoms with E-state index in [0.29, 0.717) is 6.54 Å². The van der Waals surface area contributed by atoms with Crippen LogP contribution in [0.1, 0.15) is 11.1 Å². The van der Waals surface area contributed by atoms with Crippen LogP contribution in [0.15, 0.2) is 36.9 Å². The first-order chi connectivity index (χ1) is 6.38. The van der Waals surface area contributed by atoms with E-state index in [1.165, 1.54) is 11.1 Å². The molecule has 0 aliphatic rings. The van der Waals surface area contributed by atoms with Crippen LogP contribution in [0.4, 0.5) is 0 Å². The summed E-state index contributed by atoms with van der Waals surface area (Å²) in [7, 11) is 0. The van der Waals surface area contributed by atoms with Crippen LogP contribution in [-0.2, 0) is 13.1 Å². The highest BCUT2D eigenvalue weighted by Gasteiger charge is 1.97. The summed E-state index contributed by atoms with van der Waals surface area (Å²) in [5.41, 5.74) is 8.08. The normalized spacial score (nSPS) is 9.92. The molecule has 2 heteroatoms. The van der Waals surface area contributed by atoms with Crippen LogP contribution in [-0.4, -0.2) is 6.54 Å². The van der Waals surface area contributed by atoms with Gasteiger partial charge in [0.1, 0.15) is 0 Å². The summed E-state index contributed by atoms with van der Waals surface area (Å²) >= 11 is 0. The van der Waals surface area contributed by atoms with Crippen molar-refractivity contribution >= 4 is 0 Å². The maximum absolute atomic E-state index is 5.61. The van der Waals surface area contributed by atoms with Gasteiger partial charge in [-0.3, -0.25) is 0 Å². The lowest BCUT2D eigenvalue weighted by Gasteiger charge is -2.07. The molecule has 13 heavy (non-hydrogen) atoms. The Balaban J connectivity index is 2.58. The Bertz CT molecular complexity index is 269. The third-order valence-corrected chi connectivity index (χ3v) is 1.94. The molecule has 1 rings (SSSR count). The van der Waals surface area contributed by atoms with Crippen molar-refractivity contribution in [3.8, 4) is 0 Å². The summed E-state index contributed by atoms with van der Waals surface area (Å²) < 4.78 is 0. The van der Waals surface area contributed by atoms with Crippen LogP contribution in [0, 0.1) is 0 Å². The summed E-state index contributed by atoms with van der Waals surface area (Å²) in [6.45, 7) is 5.94. The van der Waals surface area contributed by atoms with E-state index >= 15 is 0 Å². The standard InChI is InChI=1S/C11H16N2/c1-2-7-13-9-11-6-4-3-5-10(11)8-12/h2-6,13H,1,7-9,12H2. The Morgan fingerprint density at radius 2 is 2.00 bits per heavy atom. The van der Waals surface area contributed by atoms with Crippen molar-refractivity contribution in [3.05, 3.63) is 48.0 Å². The number of hydrogen-bond donors (Lipinski definition) is 2. The van der Waals surface area contributed by atoms with Crippen LogP contribution in [0.3, 0.4) is 0 Å². The van der Waals surface area contributed by atoms with Gasteiger partial charge >= 0.3 is 0 Å². The van der Waals surface area contributed by atoms with E-state index in [1.807, 2.05) is 18.2 Å². The third-order valence-electron chi connectivity index (χ3n) is 1.94. The second-order valence-corrected chi connectivity index (χ2v) is 2.89. The highest BCUT2D eigenvalue weighted by atomic mass is 14.8. The summed E-state index contributed by atoms with van der Waals surface area (Å²) in [6.07, 6.45) is 1.85. The molecule has 0 atom stereocenters. The fraction of sp³-hybridized carbons (Fsp3) is 0.273. The van der Waals surface area contributed by atoms with Gasteiger partial charge in [0.2, 0.25) is 0 Å². The van der Waals surface area contributed by atoms with Crippen molar-refractivity contribution in [2.24, 2.45) is 5.73 Å². The van der Waals surface area contributed by atoms with Crippen molar-refractivity contribution < 1.29 is 0 Å². The Kier molecular flexibility index (Phi) is 4.23. The zero-order chi connectivity index (χ0) is 9.52. The molecule has 1 aromatic carbocycles. The maximum Gasteiger partial charge on any atom is 0.0211 e. The second kappa shape index (κ2) is 5.51. The van der Waals surface area contributed by atoms with Gasteiger partial charge in [-0.25, -0.2) is 0 Å². The fourth-order valence-corrected chi connectivity index (χ4v) is 1.24. The van der Waals surface area contributed by atoms with Crippen molar-refractivity contribution in [3.63, 3.8) is 0 Å². The minimum absolute atomic E-state index is 0.603. The quantitative estimate of drug-likeness (QED) is 0.526. The second-order valence-electron chi connectivity index (χ2n) is 2.89. The smallest absolute Gasteiger partial charge is 0.0211 e. The Morgan fingerprint density at radius 3 is 2.62 bits per heavy atom. The molecule has 0 fully saturated rings. The predicted octanol–water partition coefficient (Wildman–Crippen LogP) is 1.42. The monoisotopic (exact) mass is 176 g/mol. The van der Waals surface area contributed by atoms with Gasteiger partial charge in [0.05, 0.1) is 0 Å². The average Bonchev–Trinajstić information content (AvgIpc) is 2.19. The minimum Gasteiger partial charge on any atom is -0.326 e. The third kappa shape index (κ3) is 3.01. The van der Waals surface area contributed by atoms with Gasteiger partial charge in [-0.1, -0.05) is 30.3 Å². The number of rotatable bonds is 5. The highest BCUT2D eigenvalue weighted by molar-refractivity contribution is 5.26. The Hall–Kier alpha value is -1.12. The molecule has 0 heterocycles. The molecule has 2 nitrogen and oxygen atoms in total. The molecule has 0 saturated heterocycles. The van der Waals surface area contributed by atoms with E-state index in [9.17, 15) is 0 Å². The molecule has 0 spiro atoms. The number of hydrogen-bond acceptors (Lipinski definition) is 2. The first-order valence-electron chi connectivity index (χ1n) is 4.47. The molecule has 0 aromatic heterocycles. The van der Waals surface area contributed by atoms with Gasteiger partial charge < -0.3 is 11.1 Å². The molecule has 0 saturated carbocycles. The van der Waals surface area contributed by atoms with Crippen LogP contribution < -0.4 is 11.1 Å². The van der Waals surface area contributed by atoms with E-state index in [-0.39, 0.29) is 0 Å². The molecule has 3 N–H and O–H groups in total. The minimum atomic E-state index is 0.603. The summed E-state index contributed by atoms with van der Waals surface area (Å²) in [4.78, 5) is 0. The lowest BCUT2D eigenvalue weighted by Crippen LogP contribution is -2.14. The number of benzene rings is 1. The summed E-state index contributed by atoms with van der Waals surface area (Å²) in [5, 5.41) is 3.25. The molecule has 0 amide bonds. The maximum atomic E-state index is 5.61. The van der Waals surface area contributed by atoms with E-state index in [2.05, 4.69) is 24.0 Å². The first-order valence-corrected chi connectivity index (χ1v) is 4.47. The molecule has 1 aromatic rings. The molecule has 70 valence electrons. The van der Waals surface area contributed by atoms with Crippen LogP contribution in [0.2, 0.25) is 0 Å². The van der Waals surface area contributed by atoms with Crippen LogP contribution >= 0.6 is 0 Å². The van der Waals surface area contributed by atoms with Crippen molar-refractivity contribution in [1.82, 2.24) is 5.32 Å². The molecule has 0 aliphatic carbocycles. The molecule has 0 unspecified atom stereocenters. The van der Waals surface area contributed by atoms with Crippen LogP contribution in [0.25, 0.3) is 0 Å². The lowest BCUT2D eigenvalue weighted by molar-refractivity contribution is 0.751. The SMILES string of the molecule is C=CCNCc1ccccc1CN. The predicted molar refractivity (Wildman–Crippen MR) is 56.2 cm³/mol. The van der Waals surface area contributed by atoms with E-state index in [0.717, 1.165) is 13.1 Å². The lowest BCUT2D eigenvalue weighted by atomic mass is 10.1. The van der Waals surface area contributed by atoms with E-state index in [4.69, 9.17) is 5.73 Å². The van der Waals surface area contributed by atoms with Crippen LogP contribution in [0.5, 0.6) is 0 Å². The number of nitrogens with one attached hydrogen (secondary N) is 1. The van der Waals surface area contributed by atoms with Gasteiger partial charge in [0.25, 0.3) is 0 Å². The van der Waals surface area contributed by atoms with Gasteiger partial charge in [-0.2, -0.15) is 0 Å². The van der Waals surface area contributed by atoms with Gasteiger partial charge in [-0.15, -0.1) is 6.58 Å². The molecule has 0 aliphatic heterocycles. The first kappa shape index (κ1) is 9.96. The van der Waals surface area contributed by atoms with Crippen molar-refractivity contribution in [1.29, 1.82) is 0 Å². The molecular formula is C11H16N2. The zero-order valence-corrected chi connectivity index (χ0v) is 7.79. The molecule has 0 radical (unpaired) electrons. The van der Waals surface area contributed by atoms with Crippen molar-refractivity contribution in [2.75, 3.05) is 6.54 Å². The Morgan fingerprint density at radius 1 is 1.31 bits per heavy atom. The number of nitrogens with two attached hydrogens (primary N) is 1. The Labute approximate surface area is 79.5 Å². The van der Waals surface area contributed by atoms with Gasteiger partial charge in [0.15, 0.2) is 0 Å². The molecular weight excluding hydrogens is 160 g/mol. The zero-order valence-electron chi connectivity index (χ0n) is 7.79. The molecule has 0 bridgehead atoms. The van der Waals surface area contributed by atoms with E-state index < -0.39 is 0 Å². The average molecular weight is 176 g/mol. The fourth-order valence-electron chi connectivity index (χ4n) is 1.24. The largest absolute Gasteiger partial charge is 0.326 e. The summed E-state index contributed by atoms with van der Waals surface area (Å²) in [6, 6.07) is 8.20. The summed E-state index contributed by atoms with van der Waals surface area (Å²) in [5.74, 6) is 0. The van der Waals surface area contributed by atoms with E-state index in [1.54, 1.807) is 0 Å².